The second kappa shape index (κ2) is 19.1. The molecule has 0 heterocycles. The summed E-state index contributed by atoms with van der Waals surface area (Å²) < 4.78 is 11.3. The first-order valence-corrected chi connectivity index (χ1v) is 24.4. The summed E-state index contributed by atoms with van der Waals surface area (Å²) >= 11 is 0. The highest BCUT2D eigenvalue weighted by molar-refractivity contribution is 6.21. The van der Waals surface area contributed by atoms with Gasteiger partial charge in [-0.15, -0.1) is 0 Å². The molecule has 2 N–H and O–H groups in total. The van der Waals surface area contributed by atoms with E-state index in [0.29, 0.717) is 0 Å². The van der Waals surface area contributed by atoms with Crippen LogP contribution >= 0.6 is 0 Å². The minimum absolute atomic E-state index is 0.0120. The molecule has 2 amide bonds. The number of esters is 1. The first-order chi connectivity index (χ1) is 34.4. The topological polar surface area (TPSA) is 128 Å². The summed E-state index contributed by atoms with van der Waals surface area (Å²) in [5, 5.41) is 6.25. The van der Waals surface area contributed by atoms with Crippen LogP contribution < -0.4 is 10.6 Å². The molecule has 0 bridgehead atoms. The van der Waals surface area contributed by atoms with E-state index in [0.717, 1.165) is 72.3 Å². The fourth-order valence-electron chi connectivity index (χ4n) is 11.7. The lowest BCUT2D eigenvalue weighted by Crippen LogP contribution is -2.68. The van der Waals surface area contributed by atoms with Crippen LogP contribution in [0.2, 0.25) is 0 Å². The minimum Gasteiger partial charge on any atom is -0.467 e. The van der Waals surface area contributed by atoms with Gasteiger partial charge in [0.15, 0.2) is 11.6 Å². The molecule has 10 rings (SSSR count). The Kier molecular flexibility index (Phi) is 12.6. The van der Waals surface area contributed by atoms with Crippen molar-refractivity contribution in [3.8, 4) is 33.4 Å². The molecule has 3 aliphatic rings. The van der Waals surface area contributed by atoms with E-state index >= 15 is 14.4 Å². The number of ketones is 2. The molecule has 356 valence electrons. The molecule has 0 aromatic heterocycles. The zero-order valence-electron chi connectivity index (χ0n) is 40.2. The molecule has 7 aromatic rings. The second-order valence-electron chi connectivity index (χ2n) is 19.8. The fraction of sp³-hybridized carbons (Fsp3) is 0.242. The molecule has 0 unspecified atom stereocenters. The average Bonchev–Trinajstić information content (AvgIpc) is 3.73. The number of benzene rings is 7. The monoisotopic (exact) mass is 940 g/mol. The van der Waals surface area contributed by atoms with Crippen molar-refractivity contribution >= 4 is 29.5 Å². The van der Waals surface area contributed by atoms with E-state index in [9.17, 15) is 9.59 Å². The van der Waals surface area contributed by atoms with Gasteiger partial charge in [-0.2, -0.15) is 0 Å². The highest BCUT2D eigenvalue weighted by Gasteiger charge is 2.63. The maximum atomic E-state index is 17.6. The van der Waals surface area contributed by atoms with Gasteiger partial charge in [-0.25, -0.2) is 9.59 Å². The van der Waals surface area contributed by atoms with Gasteiger partial charge in [0, 0.05) is 12.8 Å². The number of hydrogen-bond acceptors (Lipinski definition) is 7. The quantitative estimate of drug-likeness (QED) is 0.0976. The van der Waals surface area contributed by atoms with Crippen molar-refractivity contribution in [2.24, 2.45) is 16.7 Å². The van der Waals surface area contributed by atoms with Gasteiger partial charge in [0.05, 0.1) is 12.5 Å². The number of Topliss-reactive ketones (excluding diaryl/α,β-unsaturated/α-hetero) is 2. The molecule has 0 saturated carbocycles. The Hall–Kier alpha value is -7.91. The van der Waals surface area contributed by atoms with Crippen molar-refractivity contribution in [1.82, 2.24) is 10.6 Å². The number of amides is 2. The van der Waals surface area contributed by atoms with E-state index in [1.54, 1.807) is 0 Å². The van der Waals surface area contributed by atoms with E-state index in [4.69, 9.17) is 9.47 Å². The van der Waals surface area contributed by atoms with Crippen LogP contribution in [-0.4, -0.2) is 48.2 Å². The molecular weight excluding hydrogens is 885 g/mol. The maximum absolute atomic E-state index is 17.6. The number of alkyl carbamates (subject to hydrolysis) is 1. The van der Waals surface area contributed by atoms with Crippen molar-refractivity contribution in [2.45, 2.75) is 70.6 Å². The van der Waals surface area contributed by atoms with E-state index < -0.39 is 57.9 Å². The Morgan fingerprint density at radius 3 is 1.20 bits per heavy atom. The van der Waals surface area contributed by atoms with Crippen molar-refractivity contribution in [2.75, 3.05) is 7.11 Å². The van der Waals surface area contributed by atoms with Crippen LogP contribution in [0.5, 0.6) is 0 Å². The highest BCUT2D eigenvalue weighted by atomic mass is 16.5. The van der Waals surface area contributed by atoms with Crippen LogP contribution in [0.4, 0.5) is 4.79 Å². The van der Waals surface area contributed by atoms with E-state index in [-0.39, 0.29) is 45.1 Å². The van der Waals surface area contributed by atoms with Crippen LogP contribution in [0, 0.1) is 16.7 Å². The number of nitrogens with one attached hydrogen (secondary N) is 2. The fourth-order valence-corrected chi connectivity index (χ4v) is 11.7. The van der Waals surface area contributed by atoms with Crippen LogP contribution in [0.15, 0.2) is 176 Å². The van der Waals surface area contributed by atoms with Crippen LogP contribution in [0.3, 0.4) is 0 Å². The predicted molar refractivity (Wildman–Crippen MR) is 274 cm³/mol. The Morgan fingerprint density at radius 1 is 0.465 bits per heavy atom. The molecule has 7 aromatic carbocycles. The molecule has 0 radical (unpaired) electrons. The lowest BCUT2D eigenvalue weighted by atomic mass is 9.56. The van der Waals surface area contributed by atoms with Gasteiger partial charge in [-0.05, 0) is 104 Å². The van der Waals surface area contributed by atoms with E-state index in [1.807, 2.05) is 190 Å². The van der Waals surface area contributed by atoms with Gasteiger partial charge < -0.3 is 20.1 Å². The van der Waals surface area contributed by atoms with Crippen molar-refractivity contribution in [3.63, 3.8) is 0 Å². The van der Waals surface area contributed by atoms with Crippen LogP contribution in [-0.2, 0) is 73.8 Å². The zero-order chi connectivity index (χ0) is 49.3. The van der Waals surface area contributed by atoms with E-state index in [1.165, 1.54) is 7.11 Å². The molecule has 0 spiro atoms. The molecule has 9 nitrogen and oxygen atoms in total. The van der Waals surface area contributed by atoms with Gasteiger partial charge in [-0.1, -0.05) is 190 Å². The lowest BCUT2D eigenvalue weighted by Gasteiger charge is -2.45. The molecule has 0 aliphatic heterocycles. The lowest BCUT2D eigenvalue weighted by molar-refractivity contribution is -0.158. The standard InChI is InChI=1S/C62H56N2O7/c1-40(2)54(55(65)70-3)63-58(68)61(35-44-23-9-15-29-50(44)51-30-16-10-24-45(51)36-61)56(66)60(33-42-21-7-13-27-48(42)49-28-14-8-22-43(49)34-60)57(67)62(64-59(69)71-39-41-19-5-4-6-20-41)37-46-25-11-17-31-52(46)53-32-18-12-26-47(53)38-62/h4-32,40,54H,33-39H2,1-3H3,(H,63,68)(H,64,69)/t54-/m0/s1. The number of carbonyl (C=O) groups is 5. The molecule has 1 atom stereocenters. The average molecular weight is 941 g/mol. The first-order valence-electron chi connectivity index (χ1n) is 24.4. The third-order valence-electron chi connectivity index (χ3n) is 15.1. The van der Waals surface area contributed by atoms with Crippen LogP contribution in [0.25, 0.3) is 33.4 Å². The number of ether oxygens (including phenoxy) is 2. The van der Waals surface area contributed by atoms with Crippen LogP contribution in [0.1, 0.15) is 52.8 Å². The summed E-state index contributed by atoms with van der Waals surface area (Å²) in [5.74, 6) is -2.88. The summed E-state index contributed by atoms with van der Waals surface area (Å²) in [6.45, 7) is 3.56. The van der Waals surface area contributed by atoms with Crippen molar-refractivity contribution in [3.05, 3.63) is 215 Å². The summed E-state index contributed by atoms with van der Waals surface area (Å²) in [6.07, 6.45) is -1.15. The maximum Gasteiger partial charge on any atom is 0.408 e. The first kappa shape index (κ1) is 46.8. The Balaban J connectivity index is 1.25. The molecule has 3 aliphatic carbocycles. The third-order valence-corrected chi connectivity index (χ3v) is 15.1. The number of fused-ring (bicyclic) bond motifs is 9. The summed E-state index contributed by atoms with van der Waals surface area (Å²) in [7, 11) is 1.28. The predicted octanol–water partition coefficient (Wildman–Crippen LogP) is 10.5. The number of carbonyl (C=O) groups excluding carboxylic acids is 5. The molecule has 9 heteroatoms. The van der Waals surface area contributed by atoms with Gasteiger partial charge in [0.2, 0.25) is 5.91 Å². The number of rotatable bonds is 11. The SMILES string of the molecule is COC(=O)[C@@H](NC(=O)C1(C(=O)C2(C(=O)C3(NC(=O)OCc4ccccc4)Cc4ccccc4-c4ccccc4C3)Cc3ccccc3-c3ccccc3C2)Cc2ccccc2-c2ccccc2C1)C(C)C. The summed E-state index contributed by atoms with van der Waals surface area (Å²) in [5.41, 5.74) is 4.78. The van der Waals surface area contributed by atoms with Gasteiger partial charge >= 0.3 is 12.1 Å². The molecule has 71 heavy (non-hydrogen) atoms. The highest BCUT2D eigenvalue weighted by Crippen LogP contribution is 2.52. The molecule has 0 saturated heterocycles. The van der Waals surface area contributed by atoms with E-state index in [2.05, 4.69) is 10.6 Å². The third kappa shape index (κ3) is 8.53. The molecular formula is C62H56N2O7. The Bertz CT molecular complexity index is 3070. The Labute approximate surface area is 414 Å². The summed E-state index contributed by atoms with van der Waals surface area (Å²) in [6, 6.07) is 55.1. The second-order valence-corrected chi connectivity index (χ2v) is 19.8. The smallest absolute Gasteiger partial charge is 0.408 e. The summed E-state index contributed by atoms with van der Waals surface area (Å²) in [4.78, 5) is 79.7. The Morgan fingerprint density at radius 2 is 0.817 bits per heavy atom. The number of hydrogen-bond donors (Lipinski definition) is 2. The normalized spacial score (nSPS) is 15.9. The molecule has 0 fully saturated rings. The van der Waals surface area contributed by atoms with Gasteiger partial charge in [-0.3, -0.25) is 14.4 Å². The van der Waals surface area contributed by atoms with Gasteiger partial charge in [0.1, 0.15) is 23.6 Å². The van der Waals surface area contributed by atoms with Crippen molar-refractivity contribution < 1.29 is 33.4 Å². The van der Waals surface area contributed by atoms with Crippen molar-refractivity contribution in [1.29, 1.82) is 0 Å². The zero-order valence-corrected chi connectivity index (χ0v) is 40.2. The number of methoxy groups -OCH3 is 1. The minimum atomic E-state index is -2.03. The van der Waals surface area contributed by atoms with Gasteiger partial charge in [0.25, 0.3) is 0 Å². The largest absolute Gasteiger partial charge is 0.467 e.